The van der Waals surface area contributed by atoms with Gasteiger partial charge in [0.25, 0.3) is 0 Å². The number of furan rings is 1. The van der Waals surface area contributed by atoms with Crippen LogP contribution in [-0.4, -0.2) is 54.4 Å². The third-order valence-electron chi connectivity index (χ3n) is 6.25. The maximum Gasteiger partial charge on any atom is 0.222 e. The molecule has 1 unspecified atom stereocenters. The van der Waals surface area contributed by atoms with E-state index >= 15 is 0 Å². The SMILES string of the molecule is CCNC(=NCc1ccc(CN2CCCC2=O)cc1)NCC(c1ccco1)N1CCCC1.I. The minimum Gasteiger partial charge on any atom is -0.468 e. The number of halogens is 1. The van der Waals surface area contributed by atoms with Gasteiger partial charge in [0, 0.05) is 32.6 Å². The van der Waals surface area contributed by atoms with Crippen LogP contribution in [0.25, 0.3) is 0 Å². The zero-order valence-electron chi connectivity index (χ0n) is 19.5. The van der Waals surface area contributed by atoms with Crippen LogP contribution in [0.15, 0.2) is 52.1 Å². The first-order valence-corrected chi connectivity index (χ1v) is 11.9. The number of benzene rings is 1. The van der Waals surface area contributed by atoms with E-state index < -0.39 is 0 Å². The van der Waals surface area contributed by atoms with Crippen LogP contribution in [0.1, 0.15) is 55.5 Å². The normalized spacial score (nSPS) is 17.8. The van der Waals surface area contributed by atoms with Gasteiger partial charge >= 0.3 is 0 Å². The van der Waals surface area contributed by atoms with E-state index in [0.29, 0.717) is 19.5 Å². The van der Waals surface area contributed by atoms with Crippen molar-refractivity contribution in [2.24, 2.45) is 4.99 Å². The Morgan fingerprint density at radius 1 is 1.06 bits per heavy atom. The summed E-state index contributed by atoms with van der Waals surface area (Å²) >= 11 is 0. The molecule has 8 heteroatoms. The second-order valence-electron chi connectivity index (χ2n) is 8.59. The smallest absolute Gasteiger partial charge is 0.222 e. The number of hydrogen-bond donors (Lipinski definition) is 2. The molecule has 3 heterocycles. The van der Waals surface area contributed by atoms with E-state index in [2.05, 4.69) is 52.8 Å². The van der Waals surface area contributed by atoms with E-state index in [4.69, 9.17) is 9.41 Å². The lowest BCUT2D eigenvalue weighted by molar-refractivity contribution is -0.128. The van der Waals surface area contributed by atoms with Gasteiger partial charge in [-0.1, -0.05) is 24.3 Å². The van der Waals surface area contributed by atoms with E-state index in [9.17, 15) is 4.79 Å². The quantitative estimate of drug-likeness (QED) is 0.274. The largest absolute Gasteiger partial charge is 0.468 e. The van der Waals surface area contributed by atoms with Crippen LogP contribution in [0.3, 0.4) is 0 Å². The van der Waals surface area contributed by atoms with Crippen molar-refractivity contribution in [1.29, 1.82) is 0 Å². The van der Waals surface area contributed by atoms with Gasteiger partial charge in [0.05, 0.1) is 18.8 Å². The lowest BCUT2D eigenvalue weighted by Crippen LogP contribution is -2.42. The van der Waals surface area contributed by atoms with Gasteiger partial charge in [-0.25, -0.2) is 4.99 Å². The number of amides is 1. The maximum atomic E-state index is 11.8. The fourth-order valence-corrected chi connectivity index (χ4v) is 4.49. The molecule has 2 aliphatic heterocycles. The zero-order valence-corrected chi connectivity index (χ0v) is 21.8. The Bertz CT molecular complexity index is 879. The molecule has 1 aromatic heterocycles. The lowest BCUT2D eigenvalue weighted by Gasteiger charge is -2.26. The minimum absolute atomic E-state index is 0. The number of rotatable bonds is 9. The molecule has 7 nitrogen and oxygen atoms in total. The molecule has 2 fully saturated rings. The number of nitrogens with one attached hydrogen (secondary N) is 2. The molecule has 1 atom stereocenters. The summed E-state index contributed by atoms with van der Waals surface area (Å²) in [5.41, 5.74) is 2.32. The number of carbonyl (C=O) groups is 1. The number of guanidine groups is 1. The molecule has 2 aromatic rings. The van der Waals surface area contributed by atoms with Crippen molar-refractivity contribution in [3.05, 3.63) is 59.5 Å². The molecule has 180 valence electrons. The van der Waals surface area contributed by atoms with Crippen LogP contribution in [0.2, 0.25) is 0 Å². The highest BCUT2D eigenvalue weighted by atomic mass is 127. The van der Waals surface area contributed by atoms with Gasteiger partial charge in [0.2, 0.25) is 5.91 Å². The van der Waals surface area contributed by atoms with Gasteiger partial charge in [-0.15, -0.1) is 24.0 Å². The average Bonchev–Trinajstić information content (AvgIpc) is 3.58. The molecule has 2 aliphatic rings. The van der Waals surface area contributed by atoms with Crippen LogP contribution in [-0.2, 0) is 17.9 Å². The summed E-state index contributed by atoms with van der Waals surface area (Å²) < 4.78 is 5.73. The topological polar surface area (TPSA) is 73.1 Å². The summed E-state index contributed by atoms with van der Waals surface area (Å²) in [6.07, 6.45) is 5.90. The van der Waals surface area contributed by atoms with Gasteiger partial charge in [0.1, 0.15) is 5.76 Å². The first-order chi connectivity index (χ1) is 15.7. The standard InChI is InChI=1S/C25H35N5O2.HI/c1-2-26-25(28-18-22(23-7-6-16-32-23)29-13-3-4-14-29)27-17-20-9-11-21(12-10-20)19-30-15-5-8-24(30)31;/h6-7,9-12,16,22H,2-5,8,13-15,17-19H2,1H3,(H2,26,27,28);1H. The van der Waals surface area contributed by atoms with Crippen molar-refractivity contribution >= 4 is 35.8 Å². The van der Waals surface area contributed by atoms with Crippen molar-refractivity contribution in [1.82, 2.24) is 20.4 Å². The van der Waals surface area contributed by atoms with Gasteiger partial charge in [-0.3, -0.25) is 9.69 Å². The van der Waals surface area contributed by atoms with Crippen LogP contribution in [0.4, 0.5) is 0 Å². The second-order valence-corrected chi connectivity index (χ2v) is 8.59. The summed E-state index contributed by atoms with van der Waals surface area (Å²) in [5, 5.41) is 6.87. The number of aliphatic imine (C=N–C) groups is 1. The lowest BCUT2D eigenvalue weighted by atomic mass is 10.1. The maximum absolute atomic E-state index is 11.8. The number of likely N-dealkylation sites (tertiary alicyclic amines) is 2. The predicted molar refractivity (Wildman–Crippen MR) is 142 cm³/mol. The fourth-order valence-electron chi connectivity index (χ4n) is 4.49. The van der Waals surface area contributed by atoms with E-state index in [1.807, 2.05) is 11.0 Å². The Morgan fingerprint density at radius 2 is 1.82 bits per heavy atom. The zero-order chi connectivity index (χ0) is 22.2. The highest BCUT2D eigenvalue weighted by molar-refractivity contribution is 14.0. The molecule has 1 amide bonds. The van der Waals surface area contributed by atoms with Crippen LogP contribution < -0.4 is 10.6 Å². The Labute approximate surface area is 214 Å². The molecule has 33 heavy (non-hydrogen) atoms. The Kier molecular flexibility index (Phi) is 10.1. The molecule has 4 rings (SSSR count). The highest BCUT2D eigenvalue weighted by Gasteiger charge is 2.25. The van der Waals surface area contributed by atoms with Crippen molar-refractivity contribution in [3.8, 4) is 0 Å². The Hall–Kier alpha value is -2.07. The third-order valence-corrected chi connectivity index (χ3v) is 6.25. The summed E-state index contributed by atoms with van der Waals surface area (Å²) in [4.78, 5) is 21.1. The van der Waals surface area contributed by atoms with Crippen LogP contribution in [0.5, 0.6) is 0 Å². The average molecular weight is 566 g/mol. The van der Waals surface area contributed by atoms with E-state index in [1.165, 1.54) is 18.4 Å². The fraction of sp³-hybridized carbons (Fsp3) is 0.520. The molecule has 0 bridgehead atoms. The monoisotopic (exact) mass is 565 g/mol. The number of hydrogen-bond acceptors (Lipinski definition) is 4. The highest BCUT2D eigenvalue weighted by Crippen LogP contribution is 2.24. The molecule has 0 radical (unpaired) electrons. The third kappa shape index (κ3) is 7.20. The van der Waals surface area contributed by atoms with Crippen molar-refractivity contribution in [2.75, 3.05) is 32.7 Å². The Morgan fingerprint density at radius 3 is 2.45 bits per heavy atom. The first kappa shape index (κ1) is 25.6. The van der Waals surface area contributed by atoms with Gasteiger partial charge in [-0.05, 0) is 62.5 Å². The molecule has 0 saturated carbocycles. The molecule has 2 saturated heterocycles. The van der Waals surface area contributed by atoms with Gasteiger partial charge in [0.15, 0.2) is 5.96 Å². The van der Waals surface area contributed by atoms with Gasteiger partial charge in [-0.2, -0.15) is 0 Å². The number of nitrogens with zero attached hydrogens (tertiary/aromatic N) is 3. The van der Waals surface area contributed by atoms with Crippen molar-refractivity contribution in [3.63, 3.8) is 0 Å². The van der Waals surface area contributed by atoms with Crippen LogP contribution in [0, 0.1) is 0 Å². The molecule has 2 N–H and O–H groups in total. The second kappa shape index (κ2) is 13.0. The van der Waals surface area contributed by atoms with E-state index in [-0.39, 0.29) is 35.9 Å². The number of carbonyl (C=O) groups excluding carboxylic acids is 1. The van der Waals surface area contributed by atoms with Crippen molar-refractivity contribution < 1.29 is 9.21 Å². The molecule has 0 aliphatic carbocycles. The van der Waals surface area contributed by atoms with Crippen molar-refractivity contribution in [2.45, 2.75) is 51.7 Å². The summed E-state index contributed by atoms with van der Waals surface area (Å²) in [7, 11) is 0. The summed E-state index contributed by atoms with van der Waals surface area (Å²) in [6, 6.07) is 12.7. The van der Waals surface area contributed by atoms with E-state index in [0.717, 1.165) is 56.4 Å². The summed E-state index contributed by atoms with van der Waals surface area (Å²) in [5.74, 6) is 2.08. The van der Waals surface area contributed by atoms with E-state index in [1.54, 1.807) is 6.26 Å². The first-order valence-electron chi connectivity index (χ1n) is 11.9. The minimum atomic E-state index is 0. The van der Waals surface area contributed by atoms with Crippen LogP contribution >= 0.6 is 24.0 Å². The summed E-state index contributed by atoms with van der Waals surface area (Å²) in [6.45, 7) is 8.04. The molecular formula is C25H36IN5O2. The molecule has 0 spiro atoms. The molecule has 1 aromatic carbocycles. The molecular weight excluding hydrogens is 529 g/mol. The predicted octanol–water partition coefficient (Wildman–Crippen LogP) is 3.91. The Balaban J connectivity index is 0.00000306. The van der Waals surface area contributed by atoms with Gasteiger partial charge < -0.3 is 20.0 Å².